The van der Waals surface area contributed by atoms with Crippen molar-refractivity contribution in [2.45, 2.75) is 51.1 Å². The van der Waals surface area contributed by atoms with E-state index in [-0.39, 0.29) is 0 Å². The van der Waals surface area contributed by atoms with Gasteiger partial charge in [-0.05, 0) is 55.7 Å². The van der Waals surface area contributed by atoms with E-state index in [0.717, 1.165) is 5.69 Å². The second-order valence-electron chi connectivity index (χ2n) is 6.06. The van der Waals surface area contributed by atoms with Crippen molar-refractivity contribution in [1.82, 2.24) is 9.78 Å². The summed E-state index contributed by atoms with van der Waals surface area (Å²) in [5.41, 5.74) is 11.7. The summed E-state index contributed by atoms with van der Waals surface area (Å²) in [6.07, 6.45) is 12.5. The smallest absolute Gasteiger partial charge is 0.0799 e. The molecule has 1 aromatic rings. The number of fused-ring (bicyclic) bond motifs is 1. The van der Waals surface area contributed by atoms with Gasteiger partial charge in [0, 0.05) is 18.7 Å². The Morgan fingerprint density at radius 3 is 3.05 bits per heavy atom. The zero-order valence-electron chi connectivity index (χ0n) is 11.3. The van der Waals surface area contributed by atoms with Crippen LogP contribution in [0.1, 0.15) is 50.3 Å². The van der Waals surface area contributed by atoms with Crippen LogP contribution in [0.2, 0.25) is 0 Å². The number of allylic oxidation sites excluding steroid dienone is 4. The fourth-order valence-electron chi connectivity index (χ4n) is 4.18. The Labute approximate surface area is 114 Å². The Hall–Kier alpha value is -1.35. The van der Waals surface area contributed by atoms with Gasteiger partial charge in [0.1, 0.15) is 0 Å². The maximum absolute atomic E-state index is 5.71. The molecule has 1 aromatic heterocycles. The Morgan fingerprint density at radius 1 is 1.26 bits per heavy atom. The van der Waals surface area contributed by atoms with Crippen molar-refractivity contribution in [2.24, 2.45) is 11.7 Å². The molecule has 19 heavy (non-hydrogen) atoms. The quantitative estimate of drug-likeness (QED) is 0.882. The first-order valence-corrected chi connectivity index (χ1v) is 7.53. The summed E-state index contributed by atoms with van der Waals surface area (Å²) in [6.45, 7) is 0.541. The van der Waals surface area contributed by atoms with Crippen molar-refractivity contribution in [1.29, 1.82) is 0 Å². The van der Waals surface area contributed by atoms with E-state index in [1.54, 1.807) is 16.7 Å². The minimum atomic E-state index is 0.486. The van der Waals surface area contributed by atoms with E-state index < -0.39 is 0 Å². The summed E-state index contributed by atoms with van der Waals surface area (Å²) < 4.78 is 2.20. The van der Waals surface area contributed by atoms with Gasteiger partial charge >= 0.3 is 0 Å². The number of nitrogens with two attached hydrogens (primary N) is 1. The fraction of sp³-hybridized carbons (Fsp3) is 0.562. The molecule has 3 aliphatic carbocycles. The van der Waals surface area contributed by atoms with Crippen LogP contribution >= 0.6 is 0 Å². The van der Waals surface area contributed by atoms with Gasteiger partial charge in [-0.15, -0.1) is 0 Å². The lowest BCUT2D eigenvalue weighted by Crippen LogP contribution is -2.24. The summed E-state index contributed by atoms with van der Waals surface area (Å²) in [4.78, 5) is 0. The average Bonchev–Trinajstić information content (AvgIpc) is 3.15. The molecule has 0 amide bonds. The van der Waals surface area contributed by atoms with E-state index >= 15 is 0 Å². The van der Waals surface area contributed by atoms with Crippen LogP contribution in [-0.4, -0.2) is 9.78 Å². The predicted octanol–water partition coefficient (Wildman–Crippen LogP) is 3.10. The fourth-order valence-corrected chi connectivity index (χ4v) is 4.18. The van der Waals surface area contributed by atoms with Gasteiger partial charge in [0.15, 0.2) is 0 Å². The highest BCUT2D eigenvalue weighted by Gasteiger charge is 2.38. The van der Waals surface area contributed by atoms with Gasteiger partial charge in [0.05, 0.1) is 11.7 Å². The molecule has 0 saturated heterocycles. The Morgan fingerprint density at radius 2 is 2.21 bits per heavy atom. The van der Waals surface area contributed by atoms with Gasteiger partial charge in [-0.1, -0.05) is 11.6 Å². The molecule has 100 valence electrons. The molecule has 3 heteroatoms. The van der Waals surface area contributed by atoms with E-state index in [2.05, 4.69) is 23.0 Å². The third kappa shape index (κ3) is 1.71. The molecule has 1 heterocycles. The number of hydrogen-bond donors (Lipinski definition) is 1. The highest BCUT2D eigenvalue weighted by molar-refractivity contribution is 5.42. The van der Waals surface area contributed by atoms with Gasteiger partial charge < -0.3 is 5.73 Å². The third-order valence-electron chi connectivity index (χ3n) is 5.02. The molecule has 0 bridgehead atoms. The van der Waals surface area contributed by atoms with Crippen LogP contribution < -0.4 is 5.73 Å². The molecule has 3 aliphatic rings. The summed E-state index contributed by atoms with van der Waals surface area (Å²) in [5, 5.41) is 4.70. The van der Waals surface area contributed by atoms with Crippen molar-refractivity contribution in [3.63, 3.8) is 0 Å². The van der Waals surface area contributed by atoms with Crippen LogP contribution in [0.25, 0.3) is 0 Å². The first kappa shape index (κ1) is 11.5. The number of rotatable bonds is 2. The van der Waals surface area contributed by atoms with Crippen LogP contribution in [-0.2, 0) is 6.54 Å². The molecular weight excluding hydrogens is 234 g/mol. The molecule has 0 aromatic carbocycles. The zero-order valence-corrected chi connectivity index (χ0v) is 11.3. The minimum absolute atomic E-state index is 0.486. The first-order valence-electron chi connectivity index (χ1n) is 7.53. The van der Waals surface area contributed by atoms with E-state index in [1.165, 1.54) is 38.5 Å². The van der Waals surface area contributed by atoms with Crippen molar-refractivity contribution >= 4 is 0 Å². The van der Waals surface area contributed by atoms with Gasteiger partial charge in [0.2, 0.25) is 0 Å². The lowest BCUT2D eigenvalue weighted by Gasteiger charge is -2.31. The molecule has 2 N–H and O–H groups in total. The maximum Gasteiger partial charge on any atom is 0.0799 e. The molecule has 0 aliphatic heterocycles. The monoisotopic (exact) mass is 255 g/mol. The topological polar surface area (TPSA) is 43.8 Å². The minimum Gasteiger partial charge on any atom is -0.325 e. The second-order valence-corrected chi connectivity index (χ2v) is 6.06. The molecule has 4 rings (SSSR count). The second kappa shape index (κ2) is 4.34. The zero-order chi connectivity index (χ0) is 12.8. The summed E-state index contributed by atoms with van der Waals surface area (Å²) in [6, 6.07) is 2.56. The van der Waals surface area contributed by atoms with Crippen LogP contribution in [0.5, 0.6) is 0 Å². The standard InChI is InChI=1S/C16H21N3/c17-10-13-7-8-19(18-13)16-14-5-1-3-11(14)9-12-4-2-6-15(12)16/h7-9,14,16H,1-6,10,17H2. The highest BCUT2D eigenvalue weighted by Crippen LogP contribution is 2.50. The van der Waals surface area contributed by atoms with Crippen LogP contribution in [0, 0.1) is 5.92 Å². The number of nitrogens with zero attached hydrogens (tertiary/aromatic N) is 2. The number of aromatic nitrogens is 2. The molecule has 1 fully saturated rings. The van der Waals surface area contributed by atoms with Gasteiger partial charge in [-0.3, -0.25) is 4.68 Å². The molecule has 2 unspecified atom stereocenters. The summed E-state index contributed by atoms with van der Waals surface area (Å²) in [7, 11) is 0. The third-order valence-corrected chi connectivity index (χ3v) is 5.02. The summed E-state index contributed by atoms with van der Waals surface area (Å²) in [5.74, 6) is 0.697. The number of hydrogen-bond acceptors (Lipinski definition) is 2. The molecule has 0 spiro atoms. The lowest BCUT2D eigenvalue weighted by molar-refractivity contribution is 0.381. The van der Waals surface area contributed by atoms with Crippen molar-refractivity contribution < 1.29 is 0 Å². The average molecular weight is 255 g/mol. The maximum atomic E-state index is 5.71. The van der Waals surface area contributed by atoms with Crippen molar-refractivity contribution in [3.05, 3.63) is 40.8 Å². The SMILES string of the molecule is NCc1ccn(C2C3=C(C=C4CCCC42)CCC3)n1. The first-order chi connectivity index (χ1) is 9.36. The van der Waals surface area contributed by atoms with Crippen molar-refractivity contribution in [3.8, 4) is 0 Å². The van der Waals surface area contributed by atoms with E-state index in [9.17, 15) is 0 Å². The van der Waals surface area contributed by atoms with Crippen LogP contribution in [0.15, 0.2) is 35.1 Å². The van der Waals surface area contributed by atoms with Crippen molar-refractivity contribution in [2.75, 3.05) is 0 Å². The molecule has 2 atom stereocenters. The Kier molecular flexibility index (Phi) is 2.62. The van der Waals surface area contributed by atoms with E-state index in [1.807, 2.05) is 0 Å². The molecular formula is C16H21N3. The van der Waals surface area contributed by atoms with Gasteiger partial charge in [-0.2, -0.15) is 5.10 Å². The Balaban J connectivity index is 1.78. The summed E-state index contributed by atoms with van der Waals surface area (Å²) >= 11 is 0. The van der Waals surface area contributed by atoms with Crippen LogP contribution in [0.3, 0.4) is 0 Å². The normalized spacial score (nSPS) is 29.4. The largest absolute Gasteiger partial charge is 0.325 e. The molecule has 3 nitrogen and oxygen atoms in total. The Bertz CT molecular complexity index is 564. The van der Waals surface area contributed by atoms with E-state index in [4.69, 9.17) is 10.8 Å². The van der Waals surface area contributed by atoms with Crippen LogP contribution in [0.4, 0.5) is 0 Å². The highest BCUT2D eigenvalue weighted by atomic mass is 15.3. The molecule has 0 radical (unpaired) electrons. The van der Waals surface area contributed by atoms with Gasteiger partial charge in [0.25, 0.3) is 0 Å². The predicted molar refractivity (Wildman–Crippen MR) is 75.5 cm³/mol. The lowest BCUT2D eigenvalue weighted by atomic mass is 9.82. The van der Waals surface area contributed by atoms with E-state index in [0.29, 0.717) is 18.5 Å². The van der Waals surface area contributed by atoms with Gasteiger partial charge in [-0.25, -0.2) is 0 Å². The molecule has 1 saturated carbocycles.